The van der Waals surface area contributed by atoms with Crippen molar-refractivity contribution in [3.63, 3.8) is 0 Å². The van der Waals surface area contributed by atoms with Crippen LogP contribution in [0.4, 0.5) is 4.79 Å². The molecule has 0 saturated carbocycles. The zero-order chi connectivity index (χ0) is 10.7. The molecule has 0 amide bonds. The van der Waals surface area contributed by atoms with E-state index in [1.54, 1.807) is 6.92 Å². The molecule has 0 radical (unpaired) electrons. The van der Waals surface area contributed by atoms with E-state index in [0.717, 1.165) is 0 Å². The molecule has 74 valence electrons. The van der Waals surface area contributed by atoms with Crippen molar-refractivity contribution in [1.82, 2.24) is 0 Å². The summed E-state index contributed by atoms with van der Waals surface area (Å²) in [5, 5.41) is 0. The largest absolute Gasteiger partial charge is 1.00 e. The fraction of sp³-hybridized carbons (Fsp3) is 0.571. The predicted molar refractivity (Wildman–Crippen MR) is 41.6 cm³/mol. The van der Waals surface area contributed by atoms with Crippen molar-refractivity contribution in [3.8, 4) is 12.3 Å². The zero-order valence-corrected chi connectivity index (χ0v) is 10.2. The van der Waals surface area contributed by atoms with E-state index in [9.17, 15) is 19.1 Å². The molecule has 1 unspecified atom stereocenters. The third kappa shape index (κ3) is 7.29. The summed E-state index contributed by atoms with van der Waals surface area (Å²) in [5.74, 6) is 2.09. The van der Waals surface area contributed by atoms with Gasteiger partial charge in [-0.05, 0) is 13.3 Å². The summed E-state index contributed by atoms with van der Waals surface area (Å²) in [6.07, 6.45) is 5.22. The van der Waals surface area contributed by atoms with Crippen LogP contribution in [0.25, 0.3) is 0 Å². The summed E-state index contributed by atoms with van der Waals surface area (Å²) in [4.78, 5) is 30.9. The molecule has 0 fully saturated rings. The molecule has 0 rings (SSSR count). The van der Waals surface area contributed by atoms with Gasteiger partial charge in [-0.3, -0.25) is 0 Å². The number of ether oxygens (including phenoxy) is 1. The maximum absolute atomic E-state index is 10.6. The summed E-state index contributed by atoms with van der Waals surface area (Å²) in [7, 11) is -5.34. The minimum Gasteiger partial charge on any atom is -0.803 e. The van der Waals surface area contributed by atoms with Gasteiger partial charge in [0.05, 0.1) is 0 Å². The molecule has 0 aromatic rings. The Balaban J connectivity index is -0.000000720. The van der Waals surface area contributed by atoms with E-state index in [2.05, 4.69) is 10.7 Å². The van der Waals surface area contributed by atoms with Crippen molar-refractivity contribution in [3.05, 3.63) is 0 Å². The first-order chi connectivity index (χ1) is 5.75. The first kappa shape index (κ1) is 20.7. The summed E-state index contributed by atoms with van der Waals surface area (Å²) >= 11 is 0. The molecular weight excluding hydrogens is 209 g/mol. The molecule has 0 spiro atoms. The summed E-state index contributed by atoms with van der Waals surface area (Å²) in [5.41, 5.74) is -3.14. The van der Waals surface area contributed by atoms with Gasteiger partial charge in [0.15, 0.2) is 5.60 Å². The van der Waals surface area contributed by atoms with Crippen LogP contribution in [0.2, 0.25) is 0 Å². The van der Waals surface area contributed by atoms with Crippen molar-refractivity contribution >= 4 is 13.3 Å². The number of carbonyl (C=O) groups is 1. The van der Waals surface area contributed by atoms with Crippen LogP contribution in [0.1, 0.15) is 20.3 Å². The van der Waals surface area contributed by atoms with Gasteiger partial charge < -0.3 is 19.1 Å². The van der Waals surface area contributed by atoms with Gasteiger partial charge >= 0.3 is 43.4 Å². The Hall–Kier alpha value is 0.375. The second kappa shape index (κ2) is 7.62. The topological polar surface area (TPSA) is 89.5 Å². The summed E-state index contributed by atoms with van der Waals surface area (Å²) in [6.45, 7) is 2.95. The Morgan fingerprint density at radius 1 is 1.53 bits per heavy atom. The molecule has 0 aromatic heterocycles. The Kier molecular flexibility index (Phi) is 10.5. The van der Waals surface area contributed by atoms with Crippen molar-refractivity contribution in [2.24, 2.45) is 0 Å². The number of hydrogen-bond acceptors (Lipinski definition) is 5. The van der Waals surface area contributed by atoms with Crippen LogP contribution in [0.15, 0.2) is 0 Å². The van der Waals surface area contributed by atoms with Gasteiger partial charge in [0.2, 0.25) is 0 Å². The molecule has 15 heavy (non-hydrogen) atoms. The summed E-state index contributed by atoms with van der Waals surface area (Å²) < 4.78 is 14.5. The van der Waals surface area contributed by atoms with E-state index < -0.39 is 18.9 Å². The maximum atomic E-state index is 10.6. The zero-order valence-electron chi connectivity index (χ0n) is 9.27. The third-order valence-electron chi connectivity index (χ3n) is 1.52. The molecule has 0 aromatic carbocycles. The van der Waals surface area contributed by atoms with Gasteiger partial charge in [0.25, 0.3) is 0 Å². The van der Waals surface area contributed by atoms with Crippen molar-refractivity contribution < 1.29 is 61.6 Å². The average molecular weight is 218 g/mol. The fourth-order valence-electron chi connectivity index (χ4n) is 0.452. The molecule has 0 aliphatic carbocycles. The smallest absolute Gasteiger partial charge is 0.803 e. The quantitative estimate of drug-likeness (QED) is 0.267. The molecule has 0 saturated heterocycles. The van der Waals surface area contributed by atoms with Gasteiger partial charge in [0, 0.05) is 7.60 Å². The molecule has 5 nitrogen and oxygen atoms in total. The Morgan fingerprint density at radius 3 is 2.13 bits per heavy atom. The molecular formula is C7H9Li2O5P. The standard InChI is InChI=1S/C7H11O5P.2Li/c1-4-7(3,5-2)12-6(8)13(9,10)11;;/h1H,5H2,2-3H3,(H2,9,10,11);;/q;2*+1/p-2. The average Bonchev–Trinajstić information content (AvgIpc) is 2.02. The van der Waals surface area contributed by atoms with Crippen molar-refractivity contribution in [1.29, 1.82) is 0 Å². The number of rotatable bonds is 3. The van der Waals surface area contributed by atoms with Crippen LogP contribution in [-0.4, -0.2) is 11.3 Å². The molecule has 0 aliphatic rings. The predicted octanol–water partition coefficient (Wildman–Crippen LogP) is -6.15. The van der Waals surface area contributed by atoms with Crippen LogP contribution in [-0.2, 0) is 9.30 Å². The van der Waals surface area contributed by atoms with Gasteiger partial charge in [-0.2, -0.15) is 0 Å². The van der Waals surface area contributed by atoms with E-state index in [1.807, 2.05) is 0 Å². The monoisotopic (exact) mass is 218 g/mol. The number of carbonyl (C=O) groups excluding carboxylic acids is 1. The second-order valence-corrected chi connectivity index (χ2v) is 3.95. The maximum Gasteiger partial charge on any atom is 1.00 e. The van der Waals surface area contributed by atoms with Crippen LogP contribution in [0.3, 0.4) is 0 Å². The molecule has 0 heterocycles. The number of hydrogen-bond donors (Lipinski definition) is 0. The van der Waals surface area contributed by atoms with Crippen LogP contribution in [0, 0.1) is 12.3 Å². The summed E-state index contributed by atoms with van der Waals surface area (Å²) in [6, 6.07) is 0. The second-order valence-electron chi connectivity index (χ2n) is 2.59. The first-order valence-corrected chi connectivity index (χ1v) is 5.03. The Morgan fingerprint density at radius 2 is 1.93 bits per heavy atom. The first-order valence-electron chi connectivity index (χ1n) is 3.48. The van der Waals surface area contributed by atoms with Crippen LogP contribution < -0.4 is 47.5 Å². The number of terminal acetylenes is 1. The van der Waals surface area contributed by atoms with E-state index in [1.165, 1.54) is 6.92 Å². The van der Waals surface area contributed by atoms with Gasteiger partial charge in [-0.15, -0.1) is 6.42 Å². The molecule has 1 atom stereocenters. The molecule has 0 bridgehead atoms. The molecule has 0 N–H and O–H groups in total. The van der Waals surface area contributed by atoms with Crippen molar-refractivity contribution in [2.45, 2.75) is 25.9 Å². The third-order valence-corrected chi connectivity index (χ3v) is 2.05. The van der Waals surface area contributed by atoms with Crippen LogP contribution >= 0.6 is 7.60 Å². The minimum atomic E-state index is -5.34. The Labute approximate surface area is 113 Å². The molecule has 8 heteroatoms. The van der Waals surface area contributed by atoms with Crippen molar-refractivity contribution in [2.75, 3.05) is 0 Å². The van der Waals surface area contributed by atoms with E-state index in [-0.39, 0.29) is 44.1 Å². The van der Waals surface area contributed by atoms with E-state index in [4.69, 9.17) is 6.42 Å². The minimum absolute atomic E-state index is 0. The van der Waals surface area contributed by atoms with Gasteiger partial charge in [-0.25, -0.2) is 4.79 Å². The van der Waals surface area contributed by atoms with Crippen LogP contribution in [0.5, 0.6) is 0 Å². The SMILES string of the molecule is C#CC(C)(CC)OC(=O)P(=O)([O-])[O-].[Li+].[Li+]. The van der Waals surface area contributed by atoms with Gasteiger partial charge in [0.1, 0.15) is 0 Å². The van der Waals surface area contributed by atoms with E-state index in [0.29, 0.717) is 0 Å². The fourth-order valence-corrected chi connectivity index (χ4v) is 0.766. The normalized spacial score (nSPS) is 13.5. The Bertz CT molecular complexity index is 294. The van der Waals surface area contributed by atoms with E-state index >= 15 is 0 Å². The van der Waals surface area contributed by atoms with Gasteiger partial charge in [-0.1, -0.05) is 12.8 Å². The molecule has 0 aliphatic heterocycles.